The maximum atomic E-state index is 14.5. The molecule has 1 fully saturated rings. The van der Waals surface area contributed by atoms with Gasteiger partial charge in [-0.25, -0.2) is 22.4 Å². The van der Waals surface area contributed by atoms with E-state index in [0.29, 0.717) is 23.6 Å². The maximum Gasteiger partial charge on any atom is 0.349 e. The molecule has 0 amide bonds. The molecule has 0 bridgehead atoms. The number of aromatic hydroxyl groups is 1. The van der Waals surface area contributed by atoms with Crippen LogP contribution in [-0.2, 0) is 0 Å². The van der Waals surface area contributed by atoms with Crippen molar-refractivity contribution in [1.29, 1.82) is 0 Å². The molecule has 0 saturated heterocycles. The molecule has 156 valence electrons. The van der Waals surface area contributed by atoms with Crippen molar-refractivity contribution in [3.63, 3.8) is 0 Å². The second-order valence-electron chi connectivity index (χ2n) is 7.49. The lowest BCUT2D eigenvalue weighted by Gasteiger charge is -2.28. The van der Waals surface area contributed by atoms with Gasteiger partial charge in [-0.15, -0.1) is 0 Å². The summed E-state index contributed by atoms with van der Waals surface area (Å²) in [6.45, 7) is 2.13. The number of hydrogen-bond donors (Lipinski definition) is 1. The molecule has 0 aliphatic heterocycles. The van der Waals surface area contributed by atoms with Crippen molar-refractivity contribution >= 4 is 5.97 Å². The minimum Gasteiger partial charge on any atom is -0.503 e. The predicted molar refractivity (Wildman–Crippen MR) is 98.9 cm³/mol. The first-order valence-corrected chi connectivity index (χ1v) is 9.69. The highest BCUT2D eigenvalue weighted by atomic mass is 19.1. The summed E-state index contributed by atoms with van der Waals surface area (Å²) < 4.78 is 60.4. The van der Waals surface area contributed by atoms with Gasteiger partial charge in [0.2, 0.25) is 0 Å². The third-order valence-electron chi connectivity index (χ3n) is 5.48. The summed E-state index contributed by atoms with van der Waals surface area (Å²) in [5.41, 5.74) is -0.435. The topological polar surface area (TPSA) is 46.5 Å². The first-order valence-electron chi connectivity index (χ1n) is 9.69. The number of ether oxygens (including phenoxy) is 1. The van der Waals surface area contributed by atoms with Crippen LogP contribution in [0.2, 0.25) is 0 Å². The molecule has 2 aromatic carbocycles. The SMILES string of the molecule is CCCC1CCC(c2cc(F)c(C(=O)Oc3cc(F)c(O)c(F)c3)c(F)c2)CC1. The third kappa shape index (κ3) is 4.71. The number of benzene rings is 2. The molecule has 0 unspecified atom stereocenters. The number of phenolic OH excluding ortho intramolecular Hbond substituents is 1. The van der Waals surface area contributed by atoms with Crippen molar-refractivity contribution in [2.75, 3.05) is 0 Å². The summed E-state index contributed by atoms with van der Waals surface area (Å²) in [5, 5.41) is 9.06. The lowest BCUT2D eigenvalue weighted by Crippen LogP contribution is -2.16. The van der Waals surface area contributed by atoms with Crippen LogP contribution >= 0.6 is 0 Å². The van der Waals surface area contributed by atoms with E-state index in [2.05, 4.69) is 6.92 Å². The van der Waals surface area contributed by atoms with Crippen LogP contribution in [0.1, 0.15) is 67.3 Å². The molecule has 0 heterocycles. The lowest BCUT2D eigenvalue weighted by atomic mass is 9.77. The fraction of sp³-hybridized carbons (Fsp3) is 0.409. The summed E-state index contributed by atoms with van der Waals surface area (Å²) in [4.78, 5) is 12.2. The molecule has 0 radical (unpaired) electrons. The smallest absolute Gasteiger partial charge is 0.349 e. The zero-order chi connectivity index (χ0) is 21.1. The van der Waals surface area contributed by atoms with E-state index in [9.17, 15) is 22.4 Å². The lowest BCUT2D eigenvalue weighted by molar-refractivity contribution is 0.0723. The molecule has 1 saturated carbocycles. The number of rotatable bonds is 5. The van der Waals surface area contributed by atoms with E-state index in [4.69, 9.17) is 9.84 Å². The Balaban J connectivity index is 1.76. The van der Waals surface area contributed by atoms with Gasteiger partial charge >= 0.3 is 5.97 Å². The molecule has 29 heavy (non-hydrogen) atoms. The van der Waals surface area contributed by atoms with Gasteiger partial charge in [-0.05, 0) is 55.2 Å². The molecule has 1 aliphatic carbocycles. The molecule has 3 nitrogen and oxygen atoms in total. The highest BCUT2D eigenvalue weighted by Gasteiger charge is 2.26. The number of carbonyl (C=O) groups is 1. The molecule has 0 atom stereocenters. The Morgan fingerprint density at radius 1 is 0.966 bits per heavy atom. The van der Waals surface area contributed by atoms with E-state index in [1.165, 1.54) is 0 Å². The van der Waals surface area contributed by atoms with Crippen molar-refractivity contribution in [1.82, 2.24) is 0 Å². The molecular weight excluding hydrogens is 388 g/mol. The van der Waals surface area contributed by atoms with E-state index in [1.807, 2.05) is 0 Å². The van der Waals surface area contributed by atoms with Gasteiger partial charge < -0.3 is 9.84 Å². The van der Waals surface area contributed by atoms with Crippen LogP contribution in [-0.4, -0.2) is 11.1 Å². The minimum atomic E-state index is -1.41. The Hall–Kier alpha value is -2.57. The van der Waals surface area contributed by atoms with Crippen LogP contribution in [0, 0.1) is 29.2 Å². The van der Waals surface area contributed by atoms with E-state index < -0.39 is 46.3 Å². The van der Waals surface area contributed by atoms with Crippen LogP contribution in [0.3, 0.4) is 0 Å². The Kier molecular flexibility index (Phi) is 6.45. The van der Waals surface area contributed by atoms with Gasteiger partial charge in [0.1, 0.15) is 22.9 Å². The van der Waals surface area contributed by atoms with Crippen molar-refractivity contribution in [3.8, 4) is 11.5 Å². The average molecular weight is 410 g/mol. The number of carbonyl (C=O) groups excluding carboxylic acids is 1. The van der Waals surface area contributed by atoms with Gasteiger partial charge in [0.15, 0.2) is 17.4 Å². The van der Waals surface area contributed by atoms with Gasteiger partial charge in [0, 0.05) is 12.1 Å². The van der Waals surface area contributed by atoms with Gasteiger partial charge in [0.05, 0.1) is 0 Å². The molecule has 1 N–H and O–H groups in total. The van der Waals surface area contributed by atoms with E-state index in [-0.39, 0.29) is 5.92 Å². The summed E-state index contributed by atoms with van der Waals surface area (Å²) in [7, 11) is 0. The predicted octanol–water partition coefficient (Wildman–Crippen LogP) is 6.24. The molecule has 0 spiro atoms. The third-order valence-corrected chi connectivity index (χ3v) is 5.48. The average Bonchev–Trinajstić information content (AvgIpc) is 2.66. The molecule has 7 heteroatoms. The van der Waals surface area contributed by atoms with E-state index in [0.717, 1.165) is 50.7 Å². The summed E-state index contributed by atoms with van der Waals surface area (Å²) in [5.74, 6) is -7.47. The Bertz CT molecular complexity index is 859. The van der Waals surface area contributed by atoms with Crippen molar-refractivity contribution in [3.05, 3.63) is 58.7 Å². The Labute approximate surface area is 166 Å². The molecule has 2 aromatic rings. The number of phenols is 1. The van der Waals surface area contributed by atoms with Crippen molar-refractivity contribution in [2.45, 2.75) is 51.4 Å². The largest absolute Gasteiger partial charge is 0.503 e. The first kappa shape index (κ1) is 21.1. The van der Waals surface area contributed by atoms with Crippen LogP contribution in [0.15, 0.2) is 24.3 Å². The zero-order valence-electron chi connectivity index (χ0n) is 16.0. The second-order valence-corrected chi connectivity index (χ2v) is 7.49. The van der Waals surface area contributed by atoms with E-state index in [1.54, 1.807) is 0 Å². The molecule has 3 rings (SSSR count). The van der Waals surface area contributed by atoms with Gasteiger partial charge in [-0.2, -0.15) is 0 Å². The van der Waals surface area contributed by atoms with E-state index >= 15 is 0 Å². The monoisotopic (exact) mass is 410 g/mol. The fourth-order valence-electron chi connectivity index (χ4n) is 3.98. The zero-order valence-corrected chi connectivity index (χ0v) is 16.0. The highest BCUT2D eigenvalue weighted by Crippen LogP contribution is 2.38. The number of esters is 1. The van der Waals surface area contributed by atoms with Crippen molar-refractivity contribution < 1.29 is 32.2 Å². The highest BCUT2D eigenvalue weighted by molar-refractivity contribution is 5.91. The van der Waals surface area contributed by atoms with Gasteiger partial charge in [-0.1, -0.05) is 19.8 Å². The minimum absolute atomic E-state index is 0.0254. The quantitative estimate of drug-likeness (QED) is 0.360. The van der Waals surface area contributed by atoms with Gasteiger partial charge in [0.25, 0.3) is 0 Å². The fourth-order valence-corrected chi connectivity index (χ4v) is 3.98. The Morgan fingerprint density at radius 3 is 2.03 bits per heavy atom. The maximum absolute atomic E-state index is 14.5. The number of halogens is 4. The van der Waals surface area contributed by atoms with Crippen molar-refractivity contribution in [2.24, 2.45) is 5.92 Å². The molecular formula is C22H22F4O3. The van der Waals surface area contributed by atoms with Crippen LogP contribution in [0.4, 0.5) is 17.6 Å². The summed E-state index contributed by atoms with van der Waals surface area (Å²) in [6.07, 6.45) is 5.94. The standard InChI is InChI=1S/C22H22F4O3/c1-2-3-12-4-6-13(7-5-12)14-8-16(23)20(17(24)9-14)22(28)29-15-10-18(25)21(27)19(26)11-15/h8-13,27H,2-7H2,1H3. The summed E-state index contributed by atoms with van der Waals surface area (Å²) in [6, 6.07) is 3.36. The van der Waals surface area contributed by atoms with Crippen LogP contribution < -0.4 is 4.74 Å². The summed E-state index contributed by atoms with van der Waals surface area (Å²) >= 11 is 0. The van der Waals surface area contributed by atoms with Gasteiger partial charge in [-0.3, -0.25) is 0 Å². The number of hydrogen-bond acceptors (Lipinski definition) is 3. The first-order chi connectivity index (χ1) is 13.8. The normalized spacial score (nSPS) is 19.2. The second kappa shape index (κ2) is 8.84. The Morgan fingerprint density at radius 2 is 1.52 bits per heavy atom. The van der Waals surface area contributed by atoms with Crippen LogP contribution in [0.5, 0.6) is 11.5 Å². The molecule has 0 aromatic heterocycles. The molecule has 1 aliphatic rings. The van der Waals surface area contributed by atoms with Crippen LogP contribution in [0.25, 0.3) is 0 Å².